The summed E-state index contributed by atoms with van der Waals surface area (Å²) in [6.45, 7) is 0.333. The van der Waals surface area contributed by atoms with Gasteiger partial charge in [0.05, 0.1) is 5.60 Å². The first-order valence-corrected chi connectivity index (χ1v) is 7.56. The molecule has 1 N–H and O–H groups in total. The van der Waals surface area contributed by atoms with Crippen LogP contribution < -0.4 is 0 Å². The minimum atomic E-state index is -0.754. The van der Waals surface area contributed by atoms with E-state index < -0.39 is 5.60 Å². The minimum Gasteiger partial charge on any atom is -0.444 e. The van der Waals surface area contributed by atoms with Gasteiger partial charge in [-0.3, -0.25) is 4.79 Å². The summed E-state index contributed by atoms with van der Waals surface area (Å²) in [7, 11) is 1.69. The van der Waals surface area contributed by atoms with Crippen LogP contribution in [0.3, 0.4) is 0 Å². The Morgan fingerprint density at radius 3 is 2.68 bits per heavy atom. The molecule has 0 radical (unpaired) electrons. The predicted octanol–water partition coefficient (Wildman–Crippen LogP) is 2.72. The number of amides is 1. The summed E-state index contributed by atoms with van der Waals surface area (Å²) >= 11 is 0. The Labute approximate surface area is 129 Å². The molecule has 1 aromatic carbocycles. The van der Waals surface area contributed by atoms with Gasteiger partial charge in [0.25, 0.3) is 5.91 Å². The summed E-state index contributed by atoms with van der Waals surface area (Å²) in [6.07, 6.45) is 4.90. The Morgan fingerprint density at radius 1 is 1.32 bits per heavy atom. The van der Waals surface area contributed by atoms with Crippen molar-refractivity contribution in [3.8, 4) is 11.5 Å². The van der Waals surface area contributed by atoms with Crippen LogP contribution in [0, 0.1) is 0 Å². The number of carbonyl (C=O) groups is 1. The zero-order valence-corrected chi connectivity index (χ0v) is 12.7. The zero-order chi connectivity index (χ0) is 15.6. The molecule has 22 heavy (non-hydrogen) atoms. The normalized spacial score (nSPS) is 16.6. The van der Waals surface area contributed by atoms with Gasteiger partial charge in [-0.2, -0.15) is 0 Å². The predicted molar refractivity (Wildman–Crippen MR) is 82.3 cm³/mol. The Hall–Kier alpha value is -2.14. The van der Waals surface area contributed by atoms with Gasteiger partial charge >= 0.3 is 0 Å². The fourth-order valence-electron chi connectivity index (χ4n) is 2.99. The van der Waals surface area contributed by atoms with Gasteiger partial charge in [0.2, 0.25) is 5.89 Å². The molecule has 116 valence electrons. The van der Waals surface area contributed by atoms with Crippen LogP contribution in [0.25, 0.3) is 11.5 Å². The highest BCUT2D eigenvalue weighted by Gasteiger charge is 2.34. The molecule has 1 aliphatic carbocycles. The maximum atomic E-state index is 12.4. The van der Waals surface area contributed by atoms with Crippen molar-refractivity contribution >= 4 is 5.91 Å². The van der Waals surface area contributed by atoms with E-state index in [9.17, 15) is 9.90 Å². The third-order valence-electron chi connectivity index (χ3n) is 4.16. The second kappa shape index (κ2) is 5.93. The summed E-state index contributed by atoms with van der Waals surface area (Å²) in [5, 5.41) is 10.4. The van der Waals surface area contributed by atoms with E-state index in [0.717, 1.165) is 31.2 Å². The molecule has 0 spiro atoms. The second-order valence-corrected chi connectivity index (χ2v) is 6.00. The van der Waals surface area contributed by atoms with E-state index in [-0.39, 0.29) is 11.6 Å². The summed E-state index contributed by atoms with van der Waals surface area (Å²) in [4.78, 5) is 18.2. The van der Waals surface area contributed by atoms with Crippen molar-refractivity contribution in [1.29, 1.82) is 0 Å². The number of hydrogen-bond acceptors (Lipinski definition) is 4. The summed E-state index contributed by atoms with van der Waals surface area (Å²) in [5.74, 6) is 0.197. The number of oxazole rings is 1. The van der Waals surface area contributed by atoms with Crippen LogP contribution in [0.5, 0.6) is 0 Å². The van der Waals surface area contributed by atoms with Crippen LogP contribution in [-0.4, -0.2) is 40.1 Å². The van der Waals surface area contributed by atoms with Gasteiger partial charge in [-0.25, -0.2) is 4.98 Å². The highest BCUT2D eigenvalue weighted by Crippen LogP contribution is 2.30. The van der Waals surface area contributed by atoms with E-state index in [0.29, 0.717) is 12.4 Å². The van der Waals surface area contributed by atoms with Crippen molar-refractivity contribution < 1.29 is 14.3 Å². The molecule has 5 nitrogen and oxygen atoms in total. The van der Waals surface area contributed by atoms with Crippen LogP contribution in [0.15, 0.2) is 41.0 Å². The smallest absolute Gasteiger partial charge is 0.275 e. The third kappa shape index (κ3) is 3.04. The van der Waals surface area contributed by atoms with Gasteiger partial charge in [-0.05, 0) is 25.0 Å². The lowest BCUT2D eigenvalue weighted by molar-refractivity contribution is 0.0155. The molecule has 5 heteroatoms. The minimum absolute atomic E-state index is 0.230. The summed E-state index contributed by atoms with van der Waals surface area (Å²) in [6, 6.07) is 9.45. The van der Waals surface area contributed by atoms with Gasteiger partial charge in [0, 0.05) is 19.2 Å². The number of carbonyl (C=O) groups excluding carboxylic acids is 1. The molecule has 2 aromatic rings. The maximum absolute atomic E-state index is 12.4. The monoisotopic (exact) mass is 300 g/mol. The van der Waals surface area contributed by atoms with Crippen molar-refractivity contribution in [2.45, 2.75) is 31.3 Å². The molecule has 1 heterocycles. The van der Waals surface area contributed by atoms with Crippen molar-refractivity contribution in [3.05, 3.63) is 42.3 Å². The molecule has 0 saturated heterocycles. The number of hydrogen-bond donors (Lipinski definition) is 1. The number of benzene rings is 1. The van der Waals surface area contributed by atoms with E-state index >= 15 is 0 Å². The van der Waals surface area contributed by atoms with Crippen molar-refractivity contribution in [3.63, 3.8) is 0 Å². The zero-order valence-electron chi connectivity index (χ0n) is 12.7. The van der Waals surface area contributed by atoms with E-state index in [1.807, 2.05) is 30.3 Å². The number of rotatable bonds is 4. The summed E-state index contributed by atoms with van der Waals surface area (Å²) < 4.78 is 5.40. The molecule has 1 amide bonds. The Balaban J connectivity index is 1.71. The number of likely N-dealkylation sites (N-methyl/N-ethyl adjacent to an activating group) is 1. The van der Waals surface area contributed by atoms with Crippen LogP contribution >= 0.6 is 0 Å². The fourth-order valence-corrected chi connectivity index (χ4v) is 2.99. The van der Waals surface area contributed by atoms with E-state index in [2.05, 4.69) is 4.98 Å². The average Bonchev–Trinajstić information content (AvgIpc) is 3.17. The molecule has 1 aliphatic rings. The van der Waals surface area contributed by atoms with Crippen molar-refractivity contribution in [2.75, 3.05) is 13.6 Å². The Bertz CT molecular complexity index is 645. The molecule has 0 bridgehead atoms. The Morgan fingerprint density at radius 2 is 2.00 bits per heavy atom. The summed E-state index contributed by atoms with van der Waals surface area (Å²) in [5.41, 5.74) is 0.345. The highest BCUT2D eigenvalue weighted by molar-refractivity contribution is 5.92. The molecule has 0 aliphatic heterocycles. The molecule has 0 unspecified atom stereocenters. The molecule has 3 rings (SSSR count). The quantitative estimate of drug-likeness (QED) is 0.942. The van der Waals surface area contributed by atoms with Gasteiger partial charge in [-0.15, -0.1) is 0 Å². The molecule has 1 fully saturated rings. The van der Waals surface area contributed by atoms with Crippen LogP contribution in [0.4, 0.5) is 0 Å². The van der Waals surface area contributed by atoms with Gasteiger partial charge in [-0.1, -0.05) is 31.0 Å². The van der Waals surface area contributed by atoms with Crippen LogP contribution in [0.2, 0.25) is 0 Å². The van der Waals surface area contributed by atoms with E-state index in [1.54, 1.807) is 7.05 Å². The van der Waals surface area contributed by atoms with Gasteiger partial charge < -0.3 is 14.4 Å². The lowest BCUT2D eigenvalue weighted by Crippen LogP contribution is -2.42. The molecule has 1 saturated carbocycles. The van der Waals surface area contributed by atoms with Crippen LogP contribution in [-0.2, 0) is 0 Å². The van der Waals surface area contributed by atoms with Crippen molar-refractivity contribution in [2.24, 2.45) is 0 Å². The number of nitrogens with zero attached hydrogens (tertiary/aromatic N) is 2. The number of aliphatic hydroxyl groups is 1. The SMILES string of the molecule is CN(CC1(O)CCCC1)C(=O)c1coc(-c2ccccc2)n1. The average molecular weight is 300 g/mol. The fraction of sp³-hybridized carbons (Fsp3) is 0.412. The first-order valence-electron chi connectivity index (χ1n) is 7.56. The first-order chi connectivity index (χ1) is 10.6. The topological polar surface area (TPSA) is 66.6 Å². The molecular weight excluding hydrogens is 280 g/mol. The van der Waals surface area contributed by atoms with E-state index in [4.69, 9.17) is 4.42 Å². The Kier molecular flexibility index (Phi) is 3.98. The van der Waals surface area contributed by atoms with Gasteiger partial charge in [0.15, 0.2) is 5.69 Å². The largest absolute Gasteiger partial charge is 0.444 e. The lowest BCUT2D eigenvalue weighted by Gasteiger charge is -2.28. The van der Waals surface area contributed by atoms with Gasteiger partial charge in [0.1, 0.15) is 6.26 Å². The molecule has 1 aromatic heterocycles. The second-order valence-electron chi connectivity index (χ2n) is 6.00. The third-order valence-corrected chi connectivity index (χ3v) is 4.16. The number of aromatic nitrogens is 1. The maximum Gasteiger partial charge on any atom is 0.275 e. The van der Waals surface area contributed by atoms with E-state index in [1.165, 1.54) is 11.2 Å². The first kappa shape index (κ1) is 14.8. The lowest BCUT2D eigenvalue weighted by atomic mass is 10.0. The highest BCUT2D eigenvalue weighted by atomic mass is 16.3. The molecule has 0 atom stereocenters. The van der Waals surface area contributed by atoms with Crippen molar-refractivity contribution in [1.82, 2.24) is 9.88 Å². The van der Waals surface area contributed by atoms with Crippen LogP contribution in [0.1, 0.15) is 36.2 Å². The molecular formula is C17H20N2O3. The standard InChI is InChI=1S/C17H20N2O3/c1-19(12-17(21)9-5-6-10-17)16(20)14-11-22-15(18-14)13-7-3-2-4-8-13/h2-4,7-8,11,21H,5-6,9-10,12H2,1H3.